The van der Waals surface area contributed by atoms with E-state index in [1.165, 1.54) is 12.1 Å². The largest absolute Gasteiger partial charge is 0.294 e. The van der Waals surface area contributed by atoms with Crippen molar-refractivity contribution in [2.45, 2.75) is 43.9 Å². The Bertz CT molecular complexity index is 486. The molecule has 0 radical (unpaired) electrons. The van der Waals surface area contributed by atoms with Gasteiger partial charge in [-0.05, 0) is 18.6 Å². The van der Waals surface area contributed by atoms with E-state index < -0.39 is 9.84 Å². The van der Waals surface area contributed by atoms with Gasteiger partial charge in [-0.15, -0.1) is 0 Å². The van der Waals surface area contributed by atoms with Crippen molar-refractivity contribution in [2.75, 3.05) is 6.26 Å². The van der Waals surface area contributed by atoms with Gasteiger partial charge in [0.1, 0.15) is 0 Å². The van der Waals surface area contributed by atoms with Crippen LogP contribution in [-0.4, -0.2) is 20.5 Å². The summed E-state index contributed by atoms with van der Waals surface area (Å²) in [6, 6.07) is 6.18. The monoisotopic (exact) mass is 268 g/mol. The van der Waals surface area contributed by atoms with Crippen molar-refractivity contribution in [1.82, 2.24) is 0 Å². The maximum atomic E-state index is 11.8. The smallest absolute Gasteiger partial charge is 0.175 e. The van der Waals surface area contributed by atoms with Crippen molar-refractivity contribution in [3.05, 3.63) is 29.8 Å². The van der Waals surface area contributed by atoms with Gasteiger partial charge in [-0.1, -0.05) is 38.3 Å². The third kappa shape index (κ3) is 4.61. The minimum atomic E-state index is -3.18. The molecule has 18 heavy (non-hydrogen) atoms. The van der Waals surface area contributed by atoms with Crippen LogP contribution < -0.4 is 0 Å². The molecule has 1 aromatic rings. The minimum Gasteiger partial charge on any atom is -0.294 e. The van der Waals surface area contributed by atoms with Crippen LogP contribution in [0.4, 0.5) is 0 Å². The molecule has 0 aromatic heterocycles. The van der Waals surface area contributed by atoms with Crippen LogP contribution in [0, 0.1) is 0 Å². The normalized spacial score (nSPS) is 11.4. The molecule has 1 rings (SSSR count). The van der Waals surface area contributed by atoms with Gasteiger partial charge in [0.2, 0.25) is 0 Å². The number of Topliss-reactive ketones (excluding diaryl/α,β-unsaturated/α-hetero) is 1. The summed E-state index contributed by atoms with van der Waals surface area (Å²) < 4.78 is 22.5. The van der Waals surface area contributed by atoms with Crippen molar-refractivity contribution < 1.29 is 13.2 Å². The predicted molar refractivity (Wildman–Crippen MR) is 72.6 cm³/mol. The van der Waals surface area contributed by atoms with Gasteiger partial charge >= 0.3 is 0 Å². The number of sulfone groups is 1. The van der Waals surface area contributed by atoms with Crippen molar-refractivity contribution in [3.63, 3.8) is 0 Å². The Morgan fingerprint density at radius 2 is 1.67 bits per heavy atom. The van der Waals surface area contributed by atoms with Crippen molar-refractivity contribution in [2.24, 2.45) is 0 Å². The molecule has 1 aromatic carbocycles. The molecule has 0 aliphatic rings. The van der Waals surface area contributed by atoms with E-state index in [0.717, 1.165) is 31.9 Å². The molecule has 0 saturated heterocycles. The molecule has 3 nitrogen and oxygen atoms in total. The zero-order chi connectivity index (χ0) is 13.6. The average Bonchev–Trinajstić information content (AvgIpc) is 2.33. The summed E-state index contributed by atoms with van der Waals surface area (Å²) in [6.07, 6.45) is 5.98. The SMILES string of the molecule is CCCCCCC(=O)c1ccc(S(C)(=O)=O)cc1. The van der Waals surface area contributed by atoms with Gasteiger partial charge in [-0.2, -0.15) is 0 Å². The molecule has 0 saturated carbocycles. The Hall–Kier alpha value is -1.16. The molecular weight excluding hydrogens is 248 g/mol. The van der Waals surface area contributed by atoms with Crippen LogP contribution in [-0.2, 0) is 9.84 Å². The van der Waals surface area contributed by atoms with Crippen LogP contribution >= 0.6 is 0 Å². The summed E-state index contributed by atoms with van der Waals surface area (Å²) in [6.45, 7) is 2.13. The Kier molecular flexibility index (Phi) is 5.54. The first-order chi connectivity index (χ1) is 8.45. The van der Waals surface area contributed by atoms with E-state index in [1.807, 2.05) is 0 Å². The summed E-state index contributed by atoms with van der Waals surface area (Å²) in [7, 11) is -3.18. The zero-order valence-corrected chi connectivity index (χ0v) is 11.8. The number of ketones is 1. The number of hydrogen-bond acceptors (Lipinski definition) is 3. The van der Waals surface area contributed by atoms with Gasteiger partial charge in [0.05, 0.1) is 4.90 Å². The van der Waals surface area contributed by atoms with Gasteiger partial charge in [0.25, 0.3) is 0 Å². The number of carbonyl (C=O) groups is 1. The Balaban J connectivity index is 2.60. The minimum absolute atomic E-state index is 0.0890. The van der Waals surface area contributed by atoms with E-state index in [2.05, 4.69) is 6.92 Å². The van der Waals surface area contributed by atoms with Gasteiger partial charge < -0.3 is 0 Å². The molecule has 0 fully saturated rings. The molecule has 4 heteroatoms. The fourth-order valence-electron chi connectivity index (χ4n) is 1.74. The van der Waals surface area contributed by atoms with Crippen LogP contribution in [0.25, 0.3) is 0 Å². The summed E-state index contributed by atoms with van der Waals surface area (Å²) in [5.41, 5.74) is 0.596. The molecular formula is C14H20O3S. The summed E-state index contributed by atoms with van der Waals surface area (Å²) in [5, 5.41) is 0. The lowest BCUT2D eigenvalue weighted by Gasteiger charge is -2.02. The van der Waals surface area contributed by atoms with Crippen molar-refractivity contribution in [3.8, 4) is 0 Å². The fraction of sp³-hybridized carbons (Fsp3) is 0.500. The van der Waals surface area contributed by atoms with E-state index in [9.17, 15) is 13.2 Å². The number of hydrogen-bond donors (Lipinski definition) is 0. The van der Waals surface area contributed by atoms with Gasteiger partial charge in [-0.3, -0.25) is 4.79 Å². The highest BCUT2D eigenvalue weighted by atomic mass is 32.2. The first-order valence-electron chi connectivity index (χ1n) is 6.28. The highest BCUT2D eigenvalue weighted by molar-refractivity contribution is 7.90. The molecule has 0 spiro atoms. The molecule has 0 atom stereocenters. The molecule has 100 valence electrons. The lowest BCUT2D eigenvalue weighted by molar-refractivity contribution is 0.0979. The van der Waals surface area contributed by atoms with Gasteiger partial charge in [0.15, 0.2) is 15.6 Å². The Morgan fingerprint density at radius 3 is 2.17 bits per heavy atom. The third-order valence-electron chi connectivity index (χ3n) is 2.86. The summed E-state index contributed by atoms with van der Waals surface area (Å²) >= 11 is 0. The van der Waals surface area contributed by atoms with Crippen LogP contribution in [0.15, 0.2) is 29.2 Å². The Morgan fingerprint density at radius 1 is 1.06 bits per heavy atom. The highest BCUT2D eigenvalue weighted by Crippen LogP contribution is 2.13. The lowest BCUT2D eigenvalue weighted by Crippen LogP contribution is -2.01. The molecule has 0 amide bonds. The van der Waals surface area contributed by atoms with E-state index in [0.29, 0.717) is 12.0 Å². The molecule has 0 N–H and O–H groups in total. The lowest BCUT2D eigenvalue weighted by atomic mass is 10.0. The molecule has 0 heterocycles. The molecule has 0 unspecified atom stereocenters. The number of carbonyl (C=O) groups excluding carboxylic acids is 1. The highest BCUT2D eigenvalue weighted by Gasteiger charge is 2.09. The first kappa shape index (κ1) is 14.9. The number of rotatable bonds is 7. The molecule has 0 bridgehead atoms. The van der Waals surface area contributed by atoms with E-state index in [-0.39, 0.29) is 10.7 Å². The number of benzene rings is 1. The second kappa shape index (κ2) is 6.69. The maximum absolute atomic E-state index is 11.8. The van der Waals surface area contributed by atoms with Crippen LogP contribution in [0.3, 0.4) is 0 Å². The van der Waals surface area contributed by atoms with Crippen molar-refractivity contribution in [1.29, 1.82) is 0 Å². The third-order valence-corrected chi connectivity index (χ3v) is 3.99. The zero-order valence-electron chi connectivity index (χ0n) is 11.0. The van der Waals surface area contributed by atoms with Gasteiger partial charge in [-0.25, -0.2) is 8.42 Å². The van der Waals surface area contributed by atoms with Crippen LogP contribution in [0.2, 0.25) is 0 Å². The quantitative estimate of drug-likeness (QED) is 0.563. The predicted octanol–water partition coefficient (Wildman–Crippen LogP) is 3.24. The van der Waals surface area contributed by atoms with E-state index >= 15 is 0 Å². The molecule has 0 aliphatic carbocycles. The van der Waals surface area contributed by atoms with Gasteiger partial charge in [0, 0.05) is 18.2 Å². The second-order valence-corrected chi connectivity index (χ2v) is 6.55. The van der Waals surface area contributed by atoms with Crippen LogP contribution in [0.1, 0.15) is 49.4 Å². The van der Waals surface area contributed by atoms with Crippen molar-refractivity contribution >= 4 is 15.6 Å². The maximum Gasteiger partial charge on any atom is 0.175 e. The first-order valence-corrected chi connectivity index (χ1v) is 8.17. The topological polar surface area (TPSA) is 51.2 Å². The summed E-state index contributed by atoms with van der Waals surface area (Å²) in [4.78, 5) is 12.1. The summed E-state index contributed by atoms with van der Waals surface area (Å²) in [5.74, 6) is 0.0890. The van der Waals surface area contributed by atoms with E-state index in [4.69, 9.17) is 0 Å². The average molecular weight is 268 g/mol. The fourth-order valence-corrected chi connectivity index (χ4v) is 2.38. The van der Waals surface area contributed by atoms with E-state index in [1.54, 1.807) is 12.1 Å². The van der Waals surface area contributed by atoms with Crippen LogP contribution in [0.5, 0.6) is 0 Å². The standard InChI is InChI=1S/C14H20O3S/c1-3-4-5-6-7-14(15)12-8-10-13(11-9-12)18(2,16)17/h8-11H,3-7H2,1-2H3. The Labute approximate surface area is 109 Å². The number of unbranched alkanes of at least 4 members (excludes halogenated alkanes) is 3. The molecule has 0 aliphatic heterocycles. The second-order valence-electron chi connectivity index (χ2n) is 4.53.